The van der Waals surface area contributed by atoms with Crippen molar-refractivity contribution in [3.8, 4) is 5.75 Å². The Hall–Kier alpha value is -1.07. The van der Waals surface area contributed by atoms with Crippen LogP contribution in [0.25, 0.3) is 0 Å². The highest BCUT2D eigenvalue weighted by Gasteiger charge is 2.10. The highest BCUT2D eigenvalue weighted by Crippen LogP contribution is 2.21. The Kier molecular flexibility index (Phi) is 5.22. The van der Waals surface area contributed by atoms with Crippen molar-refractivity contribution in [3.63, 3.8) is 0 Å². The molecule has 2 rings (SSSR count). The van der Waals surface area contributed by atoms with Gasteiger partial charge in [-0.3, -0.25) is 0 Å². The average molecular weight is 367 g/mol. The number of nitrogens with one attached hydrogen (secondary N) is 1. The first kappa shape index (κ1) is 14.3. The molecule has 3 heteroatoms. The molecule has 1 unspecified atom stereocenters. The van der Waals surface area contributed by atoms with Crippen molar-refractivity contribution in [2.75, 3.05) is 14.2 Å². The minimum Gasteiger partial charge on any atom is -0.497 e. The molecule has 0 amide bonds. The van der Waals surface area contributed by atoms with Crippen LogP contribution < -0.4 is 10.1 Å². The van der Waals surface area contributed by atoms with Gasteiger partial charge in [0.15, 0.2) is 0 Å². The second kappa shape index (κ2) is 6.91. The zero-order valence-corrected chi connectivity index (χ0v) is 13.3. The normalized spacial score (nSPS) is 12.2. The van der Waals surface area contributed by atoms with E-state index in [4.69, 9.17) is 4.74 Å². The molecular weight excluding hydrogens is 349 g/mol. The Bertz CT molecular complexity index is 525. The van der Waals surface area contributed by atoms with E-state index < -0.39 is 0 Å². The van der Waals surface area contributed by atoms with Crippen molar-refractivity contribution in [1.82, 2.24) is 5.32 Å². The summed E-state index contributed by atoms with van der Waals surface area (Å²) in [4.78, 5) is 0. The maximum atomic E-state index is 5.18. The van der Waals surface area contributed by atoms with Crippen LogP contribution in [0.1, 0.15) is 17.2 Å². The molecule has 0 fully saturated rings. The molecule has 2 aromatic rings. The van der Waals surface area contributed by atoms with E-state index in [1.54, 1.807) is 7.11 Å². The van der Waals surface area contributed by atoms with E-state index in [-0.39, 0.29) is 0 Å². The Morgan fingerprint density at radius 2 is 1.89 bits per heavy atom. The van der Waals surface area contributed by atoms with Crippen molar-refractivity contribution >= 4 is 22.6 Å². The van der Waals surface area contributed by atoms with Crippen LogP contribution in [0.2, 0.25) is 0 Å². The van der Waals surface area contributed by atoms with Crippen molar-refractivity contribution in [3.05, 3.63) is 63.2 Å². The zero-order chi connectivity index (χ0) is 13.7. The zero-order valence-electron chi connectivity index (χ0n) is 11.2. The van der Waals surface area contributed by atoms with Gasteiger partial charge in [-0.15, -0.1) is 0 Å². The quantitative estimate of drug-likeness (QED) is 0.812. The molecule has 2 nitrogen and oxygen atoms in total. The van der Waals surface area contributed by atoms with Gasteiger partial charge in [0.05, 0.1) is 7.11 Å². The third-order valence-corrected chi connectivity index (χ3v) is 3.87. The summed E-state index contributed by atoms with van der Waals surface area (Å²) in [6, 6.07) is 17.2. The van der Waals surface area contributed by atoms with Crippen molar-refractivity contribution in [2.24, 2.45) is 0 Å². The molecule has 0 spiro atoms. The first-order valence-corrected chi connectivity index (χ1v) is 7.36. The number of methoxy groups -OCH3 is 1. The number of hydrogen-bond donors (Lipinski definition) is 1. The fraction of sp³-hybridized carbons (Fsp3) is 0.250. The number of likely N-dealkylation sites (N-methyl/N-ethyl adjacent to an activating group) is 1. The molecule has 0 aliphatic carbocycles. The molecule has 0 aromatic heterocycles. The fourth-order valence-corrected chi connectivity index (χ4v) is 2.67. The number of hydrogen-bond acceptors (Lipinski definition) is 2. The molecule has 0 radical (unpaired) electrons. The molecule has 0 aliphatic rings. The lowest BCUT2D eigenvalue weighted by Crippen LogP contribution is -2.18. The van der Waals surface area contributed by atoms with Crippen LogP contribution in [0.5, 0.6) is 5.75 Å². The SMILES string of the molecule is CNC(Cc1ccc(OC)cc1)c1cccc(I)c1. The third kappa shape index (κ3) is 3.94. The van der Waals surface area contributed by atoms with E-state index in [0.29, 0.717) is 6.04 Å². The summed E-state index contributed by atoms with van der Waals surface area (Å²) in [5, 5.41) is 3.39. The Morgan fingerprint density at radius 3 is 2.47 bits per heavy atom. The molecule has 0 heterocycles. The van der Waals surface area contributed by atoms with Crippen molar-refractivity contribution < 1.29 is 4.74 Å². The van der Waals surface area contributed by atoms with Crippen LogP contribution in [0.15, 0.2) is 48.5 Å². The monoisotopic (exact) mass is 367 g/mol. The predicted molar refractivity (Wildman–Crippen MR) is 87.7 cm³/mol. The van der Waals surface area contributed by atoms with E-state index in [2.05, 4.69) is 64.3 Å². The van der Waals surface area contributed by atoms with Crippen LogP contribution in [0.4, 0.5) is 0 Å². The molecule has 0 saturated carbocycles. The molecule has 0 aliphatic heterocycles. The standard InChI is InChI=1S/C16H18INO/c1-18-16(13-4-3-5-14(17)11-13)10-12-6-8-15(19-2)9-7-12/h3-9,11,16,18H,10H2,1-2H3. The van der Waals surface area contributed by atoms with Gasteiger partial charge in [0.2, 0.25) is 0 Å². The fourth-order valence-electron chi connectivity index (χ4n) is 2.11. The first-order valence-electron chi connectivity index (χ1n) is 6.28. The number of halogens is 1. The predicted octanol–water partition coefficient (Wildman–Crippen LogP) is 3.80. The largest absolute Gasteiger partial charge is 0.497 e. The van der Waals surface area contributed by atoms with Gasteiger partial charge in [-0.05, 0) is 71.5 Å². The van der Waals surface area contributed by atoms with Gasteiger partial charge in [-0.2, -0.15) is 0 Å². The Balaban J connectivity index is 2.14. The van der Waals surface area contributed by atoms with Gasteiger partial charge in [-0.25, -0.2) is 0 Å². The average Bonchev–Trinajstić information content (AvgIpc) is 2.45. The summed E-state index contributed by atoms with van der Waals surface area (Å²) >= 11 is 2.35. The van der Waals surface area contributed by atoms with Crippen LogP contribution >= 0.6 is 22.6 Å². The van der Waals surface area contributed by atoms with Crippen LogP contribution in [0, 0.1) is 3.57 Å². The molecule has 1 N–H and O–H groups in total. The highest BCUT2D eigenvalue weighted by atomic mass is 127. The minimum atomic E-state index is 0.336. The summed E-state index contributed by atoms with van der Waals surface area (Å²) in [6.07, 6.45) is 0.973. The van der Waals surface area contributed by atoms with Gasteiger partial charge in [0, 0.05) is 9.61 Å². The summed E-state index contributed by atoms with van der Waals surface area (Å²) in [5.74, 6) is 0.902. The summed E-state index contributed by atoms with van der Waals surface area (Å²) in [6.45, 7) is 0. The number of ether oxygens (including phenoxy) is 1. The van der Waals surface area contributed by atoms with Crippen LogP contribution in [-0.4, -0.2) is 14.2 Å². The highest BCUT2D eigenvalue weighted by molar-refractivity contribution is 14.1. The van der Waals surface area contributed by atoms with Gasteiger partial charge in [0.25, 0.3) is 0 Å². The van der Waals surface area contributed by atoms with Crippen LogP contribution in [-0.2, 0) is 6.42 Å². The molecule has 1 atom stereocenters. The summed E-state index contributed by atoms with van der Waals surface area (Å²) in [7, 11) is 3.70. The third-order valence-electron chi connectivity index (χ3n) is 3.20. The summed E-state index contributed by atoms with van der Waals surface area (Å²) in [5.41, 5.74) is 2.63. The van der Waals surface area contributed by atoms with E-state index >= 15 is 0 Å². The lowest BCUT2D eigenvalue weighted by molar-refractivity contribution is 0.414. The maximum Gasteiger partial charge on any atom is 0.118 e. The summed E-state index contributed by atoms with van der Waals surface area (Å²) < 4.78 is 6.45. The van der Waals surface area contributed by atoms with Gasteiger partial charge >= 0.3 is 0 Å². The molecule has 2 aromatic carbocycles. The minimum absolute atomic E-state index is 0.336. The molecule has 100 valence electrons. The Morgan fingerprint density at radius 1 is 1.16 bits per heavy atom. The van der Waals surface area contributed by atoms with E-state index in [9.17, 15) is 0 Å². The molecule has 0 saturated heterocycles. The second-order valence-corrected chi connectivity index (χ2v) is 5.69. The van der Waals surface area contributed by atoms with Gasteiger partial charge in [0.1, 0.15) is 5.75 Å². The molecule has 0 bridgehead atoms. The number of benzene rings is 2. The topological polar surface area (TPSA) is 21.3 Å². The number of rotatable bonds is 5. The smallest absolute Gasteiger partial charge is 0.118 e. The van der Waals surface area contributed by atoms with Crippen molar-refractivity contribution in [2.45, 2.75) is 12.5 Å². The Labute approximate surface area is 128 Å². The first-order chi connectivity index (χ1) is 9.22. The van der Waals surface area contributed by atoms with E-state index in [0.717, 1.165) is 12.2 Å². The molecular formula is C16H18INO. The van der Waals surface area contributed by atoms with Crippen LogP contribution in [0.3, 0.4) is 0 Å². The second-order valence-electron chi connectivity index (χ2n) is 4.45. The maximum absolute atomic E-state index is 5.18. The van der Waals surface area contributed by atoms with Gasteiger partial charge < -0.3 is 10.1 Å². The van der Waals surface area contributed by atoms with E-state index in [1.807, 2.05) is 19.2 Å². The lowest BCUT2D eigenvalue weighted by Gasteiger charge is -2.17. The van der Waals surface area contributed by atoms with Crippen molar-refractivity contribution in [1.29, 1.82) is 0 Å². The lowest BCUT2D eigenvalue weighted by atomic mass is 9.99. The van der Waals surface area contributed by atoms with Gasteiger partial charge in [-0.1, -0.05) is 24.3 Å². The molecule has 19 heavy (non-hydrogen) atoms. The van der Waals surface area contributed by atoms with E-state index in [1.165, 1.54) is 14.7 Å².